The highest BCUT2D eigenvalue weighted by Crippen LogP contribution is 2.20. The minimum absolute atomic E-state index is 0.0443. The Morgan fingerprint density at radius 2 is 2.26 bits per heavy atom. The fourth-order valence-electron chi connectivity index (χ4n) is 2.24. The van der Waals surface area contributed by atoms with Crippen LogP contribution in [0, 0.1) is 12.8 Å². The van der Waals surface area contributed by atoms with Gasteiger partial charge in [0.15, 0.2) is 0 Å². The number of aromatic nitrogens is 2. The van der Waals surface area contributed by atoms with Crippen molar-refractivity contribution in [3.8, 4) is 0 Å². The highest BCUT2D eigenvalue weighted by Gasteiger charge is 2.35. The maximum atomic E-state index is 12.2. The van der Waals surface area contributed by atoms with Gasteiger partial charge in [0.1, 0.15) is 0 Å². The van der Waals surface area contributed by atoms with Gasteiger partial charge in [-0.2, -0.15) is 0 Å². The number of carbonyl (C=O) groups is 2. The Morgan fingerprint density at radius 3 is 2.79 bits per heavy atom. The van der Waals surface area contributed by atoms with Gasteiger partial charge in [-0.25, -0.2) is 0 Å². The van der Waals surface area contributed by atoms with Crippen LogP contribution in [0.5, 0.6) is 0 Å². The molecule has 0 aliphatic carbocycles. The molecule has 2 rings (SSSR count). The minimum atomic E-state index is -0.263. The molecule has 2 heterocycles. The van der Waals surface area contributed by atoms with Crippen LogP contribution in [0.15, 0.2) is 4.42 Å². The summed E-state index contributed by atoms with van der Waals surface area (Å²) in [5, 5.41) is 7.57. The lowest BCUT2D eigenvalue weighted by molar-refractivity contribution is -0.135. The maximum absolute atomic E-state index is 12.2. The van der Waals surface area contributed by atoms with Crippen molar-refractivity contribution in [1.29, 1.82) is 0 Å². The second-order valence-corrected chi connectivity index (χ2v) is 4.74. The number of aryl methyl sites for hydroxylation is 1. The number of amides is 2. The van der Waals surface area contributed by atoms with E-state index in [1.54, 1.807) is 18.9 Å². The van der Waals surface area contributed by atoms with Crippen LogP contribution in [0.25, 0.3) is 0 Å². The molecule has 1 aliphatic heterocycles. The number of likely N-dealkylation sites (tertiary alicyclic amines) is 1. The van der Waals surface area contributed by atoms with E-state index < -0.39 is 0 Å². The smallest absolute Gasteiger partial charge is 0.235 e. The maximum Gasteiger partial charge on any atom is 0.235 e. The van der Waals surface area contributed by atoms with Gasteiger partial charge in [-0.1, -0.05) is 0 Å². The first-order chi connectivity index (χ1) is 9.01. The summed E-state index contributed by atoms with van der Waals surface area (Å²) in [6.45, 7) is 5.04. The number of nitrogens with zero attached hydrogens (tertiary/aromatic N) is 4. The minimum Gasteiger partial charge on any atom is -0.424 e. The fraction of sp³-hybridized carbons (Fsp3) is 0.667. The quantitative estimate of drug-likeness (QED) is 0.778. The Balaban J connectivity index is 1.94. The number of hydrogen-bond acceptors (Lipinski definition) is 5. The van der Waals surface area contributed by atoms with E-state index in [0.717, 1.165) is 0 Å². The van der Waals surface area contributed by atoms with Crippen molar-refractivity contribution in [2.75, 3.05) is 20.1 Å². The summed E-state index contributed by atoms with van der Waals surface area (Å²) in [4.78, 5) is 27.1. The summed E-state index contributed by atoms with van der Waals surface area (Å²) < 4.78 is 5.24. The second-order valence-electron chi connectivity index (χ2n) is 4.74. The molecule has 104 valence electrons. The number of rotatable bonds is 4. The number of carbonyl (C=O) groups excluding carboxylic acids is 2. The molecule has 0 radical (unpaired) electrons. The second kappa shape index (κ2) is 5.38. The van der Waals surface area contributed by atoms with Crippen molar-refractivity contribution in [2.24, 2.45) is 5.92 Å². The van der Waals surface area contributed by atoms with Crippen LogP contribution in [-0.4, -0.2) is 51.9 Å². The average molecular weight is 266 g/mol. The van der Waals surface area contributed by atoms with Crippen molar-refractivity contribution in [3.63, 3.8) is 0 Å². The molecule has 0 aromatic carbocycles. The largest absolute Gasteiger partial charge is 0.424 e. The van der Waals surface area contributed by atoms with E-state index in [9.17, 15) is 9.59 Å². The van der Waals surface area contributed by atoms with Crippen LogP contribution < -0.4 is 0 Å². The summed E-state index contributed by atoms with van der Waals surface area (Å²) in [7, 11) is 1.68. The Kier molecular flexibility index (Phi) is 3.82. The first kappa shape index (κ1) is 13.5. The molecule has 1 fully saturated rings. The lowest BCUT2D eigenvalue weighted by Gasteiger charge is -2.19. The first-order valence-electron chi connectivity index (χ1n) is 6.33. The van der Waals surface area contributed by atoms with E-state index in [2.05, 4.69) is 10.2 Å². The third kappa shape index (κ3) is 2.91. The summed E-state index contributed by atoms with van der Waals surface area (Å²) >= 11 is 0. The molecule has 0 spiro atoms. The molecule has 19 heavy (non-hydrogen) atoms. The van der Waals surface area contributed by atoms with Crippen LogP contribution in [0.1, 0.15) is 25.1 Å². The standard InChI is InChI=1S/C12H18N4O3/c1-4-16-6-9(5-11(16)17)12(18)15(3)7-10-14-13-8(2)19-10/h9H,4-7H2,1-3H3/t9-/m0/s1. The molecular formula is C12H18N4O3. The third-order valence-corrected chi connectivity index (χ3v) is 3.26. The van der Waals surface area contributed by atoms with Crippen LogP contribution in [-0.2, 0) is 16.1 Å². The lowest BCUT2D eigenvalue weighted by atomic mass is 10.1. The van der Waals surface area contributed by atoms with E-state index in [-0.39, 0.29) is 24.3 Å². The monoisotopic (exact) mass is 266 g/mol. The van der Waals surface area contributed by atoms with Crippen molar-refractivity contribution >= 4 is 11.8 Å². The van der Waals surface area contributed by atoms with E-state index >= 15 is 0 Å². The topological polar surface area (TPSA) is 79.5 Å². The molecule has 7 nitrogen and oxygen atoms in total. The van der Waals surface area contributed by atoms with E-state index in [1.165, 1.54) is 4.90 Å². The molecule has 2 amide bonds. The predicted octanol–water partition coefficient (Wildman–Crippen LogP) is 0.205. The molecule has 0 saturated carbocycles. The van der Waals surface area contributed by atoms with E-state index in [0.29, 0.717) is 31.3 Å². The third-order valence-electron chi connectivity index (χ3n) is 3.26. The highest BCUT2D eigenvalue weighted by atomic mass is 16.4. The van der Waals surface area contributed by atoms with Gasteiger partial charge < -0.3 is 14.2 Å². The van der Waals surface area contributed by atoms with Crippen molar-refractivity contribution in [3.05, 3.63) is 11.8 Å². The molecular weight excluding hydrogens is 248 g/mol. The number of hydrogen-bond donors (Lipinski definition) is 0. The molecule has 0 N–H and O–H groups in total. The normalized spacial score (nSPS) is 19.0. The Labute approximate surface area is 111 Å². The zero-order chi connectivity index (χ0) is 14.0. The highest BCUT2D eigenvalue weighted by molar-refractivity contribution is 5.89. The van der Waals surface area contributed by atoms with Gasteiger partial charge >= 0.3 is 0 Å². The summed E-state index contributed by atoms with van der Waals surface area (Å²) in [6.07, 6.45) is 0.292. The van der Waals surface area contributed by atoms with Crippen LogP contribution in [0.2, 0.25) is 0 Å². The van der Waals surface area contributed by atoms with Crippen molar-refractivity contribution < 1.29 is 14.0 Å². The van der Waals surface area contributed by atoms with E-state index in [4.69, 9.17) is 4.42 Å². The van der Waals surface area contributed by atoms with Crippen LogP contribution in [0.3, 0.4) is 0 Å². The van der Waals surface area contributed by atoms with E-state index in [1.807, 2.05) is 6.92 Å². The average Bonchev–Trinajstić information content (AvgIpc) is 2.94. The van der Waals surface area contributed by atoms with Gasteiger partial charge in [0, 0.05) is 33.5 Å². The Hall–Kier alpha value is -1.92. The van der Waals surface area contributed by atoms with Gasteiger partial charge in [0.05, 0.1) is 12.5 Å². The van der Waals surface area contributed by atoms with Gasteiger partial charge in [-0.05, 0) is 6.92 Å². The first-order valence-corrected chi connectivity index (χ1v) is 6.33. The van der Waals surface area contributed by atoms with Gasteiger partial charge in [-0.15, -0.1) is 10.2 Å². The molecule has 0 bridgehead atoms. The van der Waals surface area contributed by atoms with Crippen molar-refractivity contribution in [2.45, 2.75) is 26.8 Å². The lowest BCUT2D eigenvalue weighted by Crippen LogP contribution is -2.34. The fourth-order valence-corrected chi connectivity index (χ4v) is 2.24. The van der Waals surface area contributed by atoms with Crippen LogP contribution >= 0.6 is 0 Å². The van der Waals surface area contributed by atoms with Crippen LogP contribution in [0.4, 0.5) is 0 Å². The van der Waals surface area contributed by atoms with Gasteiger partial charge in [0.2, 0.25) is 23.6 Å². The molecule has 1 aromatic heterocycles. The summed E-state index contributed by atoms with van der Waals surface area (Å²) in [6, 6.07) is 0. The molecule has 1 aromatic rings. The zero-order valence-electron chi connectivity index (χ0n) is 11.4. The molecule has 7 heteroatoms. The molecule has 0 unspecified atom stereocenters. The summed E-state index contributed by atoms with van der Waals surface area (Å²) in [5.41, 5.74) is 0. The predicted molar refractivity (Wildman–Crippen MR) is 65.9 cm³/mol. The van der Waals surface area contributed by atoms with Gasteiger partial charge in [0.25, 0.3) is 0 Å². The summed E-state index contributed by atoms with van der Waals surface area (Å²) in [5.74, 6) is 0.610. The van der Waals surface area contributed by atoms with Gasteiger partial charge in [-0.3, -0.25) is 9.59 Å². The zero-order valence-corrected chi connectivity index (χ0v) is 11.4. The molecule has 1 aliphatic rings. The SMILES string of the molecule is CCN1C[C@@H](C(=O)N(C)Cc2nnc(C)o2)CC1=O. The Bertz CT molecular complexity index is 485. The van der Waals surface area contributed by atoms with Crippen molar-refractivity contribution in [1.82, 2.24) is 20.0 Å². The Morgan fingerprint density at radius 1 is 1.53 bits per heavy atom. The molecule has 1 saturated heterocycles. The molecule has 1 atom stereocenters.